The van der Waals surface area contributed by atoms with Crippen molar-refractivity contribution in [2.75, 3.05) is 0 Å². The molecule has 0 spiro atoms. The standard InChI is InChI=1S/C14H22O/c1-8(2)14-6-5-13(4)10(7-14)11(15)9(3)12(13)14/h8-10,12H,5-7H2,1-4H3/t9-,10+,12+,13+,14-/m1/s1. The molecule has 3 aliphatic carbocycles. The third-order valence-corrected chi connectivity index (χ3v) is 6.28. The molecular formula is C14H22O. The van der Waals surface area contributed by atoms with Crippen LogP contribution in [-0.2, 0) is 4.79 Å². The minimum absolute atomic E-state index is 0.346. The minimum Gasteiger partial charge on any atom is -0.299 e. The van der Waals surface area contributed by atoms with Gasteiger partial charge in [-0.3, -0.25) is 4.79 Å². The number of ketones is 1. The fourth-order valence-electron chi connectivity index (χ4n) is 5.56. The van der Waals surface area contributed by atoms with E-state index in [4.69, 9.17) is 0 Å². The van der Waals surface area contributed by atoms with Crippen molar-refractivity contribution in [1.29, 1.82) is 0 Å². The monoisotopic (exact) mass is 206 g/mol. The number of hydrogen-bond acceptors (Lipinski definition) is 1. The normalized spacial score (nSPS) is 57.1. The van der Waals surface area contributed by atoms with Crippen LogP contribution in [0.2, 0.25) is 0 Å². The van der Waals surface area contributed by atoms with Crippen LogP contribution >= 0.6 is 0 Å². The lowest BCUT2D eigenvalue weighted by Gasteiger charge is -2.41. The summed E-state index contributed by atoms with van der Waals surface area (Å²) in [6.45, 7) is 9.31. The van der Waals surface area contributed by atoms with Crippen molar-refractivity contribution in [3.63, 3.8) is 0 Å². The quantitative estimate of drug-likeness (QED) is 0.643. The second-order valence-corrected chi connectivity index (χ2v) is 6.82. The van der Waals surface area contributed by atoms with E-state index in [9.17, 15) is 4.79 Å². The molecule has 3 saturated carbocycles. The third kappa shape index (κ3) is 0.819. The summed E-state index contributed by atoms with van der Waals surface area (Å²) in [7, 11) is 0. The number of rotatable bonds is 1. The van der Waals surface area contributed by atoms with Crippen LogP contribution in [0.3, 0.4) is 0 Å². The maximum Gasteiger partial charge on any atom is 0.139 e. The van der Waals surface area contributed by atoms with Crippen LogP contribution in [0, 0.1) is 34.5 Å². The largest absolute Gasteiger partial charge is 0.299 e. The molecule has 0 radical (unpaired) electrons. The summed E-state index contributed by atoms with van der Waals surface area (Å²) in [5.74, 6) is 2.79. The molecular weight excluding hydrogens is 184 g/mol. The maximum absolute atomic E-state index is 12.1. The van der Waals surface area contributed by atoms with Gasteiger partial charge in [-0.25, -0.2) is 0 Å². The highest BCUT2D eigenvalue weighted by Gasteiger charge is 2.73. The zero-order valence-corrected chi connectivity index (χ0v) is 10.3. The van der Waals surface area contributed by atoms with Crippen LogP contribution in [0.5, 0.6) is 0 Å². The second kappa shape index (κ2) is 2.49. The van der Waals surface area contributed by atoms with Gasteiger partial charge in [-0.15, -0.1) is 0 Å². The molecule has 0 aliphatic heterocycles. The van der Waals surface area contributed by atoms with Gasteiger partial charge in [0.1, 0.15) is 5.78 Å². The van der Waals surface area contributed by atoms with E-state index in [0.717, 1.165) is 5.92 Å². The molecule has 0 N–H and O–H groups in total. The lowest BCUT2D eigenvalue weighted by Crippen LogP contribution is -2.39. The SMILES string of the molecule is CC(C)[C@]12CC[C@]3(C)[C@@H]1[C@H](C)C(=O)[C@@H]3C2. The first-order valence-corrected chi connectivity index (χ1v) is 6.47. The number of Topliss-reactive ketones (excluding diaryl/α,β-unsaturated/α-hetero) is 1. The summed E-state index contributed by atoms with van der Waals surface area (Å²) in [5.41, 5.74) is 0.896. The van der Waals surface area contributed by atoms with Gasteiger partial charge in [0.25, 0.3) is 0 Å². The fourth-order valence-corrected chi connectivity index (χ4v) is 5.56. The van der Waals surface area contributed by atoms with Crippen molar-refractivity contribution in [3.8, 4) is 0 Å². The van der Waals surface area contributed by atoms with Crippen molar-refractivity contribution in [1.82, 2.24) is 0 Å². The van der Waals surface area contributed by atoms with Crippen LogP contribution in [-0.4, -0.2) is 5.78 Å². The molecule has 4 bridgehead atoms. The zero-order valence-electron chi connectivity index (χ0n) is 10.3. The Morgan fingerprint density at radius 2 is 2.00 bits per heavy atom. The van der Waals surface area contributed by atoms with E-state index in [0.29, 0.717) is 34.4 Å². The van der Waals surface area contributed by atoms with E-state index in [1.807, 2.05) is 0 Å². The highest BCUT2D eigenvalue weighted by Crippen LogP contribution is 2.76. The van der Waals surface area contributed by atoms with Crippen molar-refractivity contribution < 1.29 is 4.79 Å². The molecule has 3 fully saturated rings. The molecule has 15 heavy (non-hydrogen) atoms. The van der Waals surface area contributed by atoms with E-state index in [1.165, 1.54) is 19.3 Å². The Morgan fingerprint density at radius 3 is 2.53 bits per heavy atom. The van der Waals surface area contributed by atoms with Gasteiger partial charge in [0.05, 0.1) is 0 Å². The highest BCUT2D eigenvalue weighted by molar-refractivity contribution is 5.88. The summed E-state index contributed by atoms with van der Waals surface area (Å²) in [4.78, 5) is 12.1. The lowest BCUT2D eigenvalue weighted by atomic mass is 9.62. The molecule has 0 amide bonds. The summed E-state index contributed by atoms with van der Waals surface area (Å²) in [5, 5.41) is 0. The fraction of sp³-hybridized carbons (Fsp3) is 0.929. The Kier molecular flexibility index (Phi) is 1.64. The Morgan fingerprint density at radius 1 is 1.33 bits per heavy atom. The molecule has 84 valence electrons. The van der Waals surface area contributed by atoms with Gasteiger partial charge in [-0.2, -0.15) is 0 Å². The maximum atomic E-state index is 12.1. The molecule has 0 heterocycles. The molecule has 1 heteroatoms. The molecule has 1 nitrogen and oxygen atoms in total. The number of carbonyl (C=O) groups excluding carboxylic acids is 1. The van der Waals surface area contributed by atoms with Crippen molar-refractivity contribution >= 4 is 5.78 Å². The first-order chi connectivity index (χ1) is 6.93. The van der Waals surface area contributed by atoms with Gasteiger partial charge in [-0.1, -0.05) is 27.7 Å². The summed E-state index contributed by atoms with van der Waals surface area (Å²) in [6, 6.07) is 0. The minimum atomic E-state index is 0.346. The van der Waals surface area contributed by atoms with Gasteiger partial charge in [0.15, 0.2) is 0 Å². The smallest absolute Gasteiger partial charge is 0.139 e. The molecule has 3 rings (SSSR count). The number of hydrogen-bond donors (Lipinski definition) is 0. The van der Waals surface area contributed by atoms with E-state index in [-0.39, 0.29) is 0 Å². The summed E-state index contributed by atoms with van der Waals surface area (Å²) in [6.07, 6.45) is 3.88. The van der Waals surface area contributed by atoms with Crippen LogP contribution in [0.15, 0.2) is 0 Å². The predicted octanol–water partition coefficient (Wildman–Crippen LogP) is 3.28. The van der Waals surface area contributed by atoms with Crippen LogP contribution in [0.25, 0.3) is 0 Å². The van der Waals surface area contributed by atoms with Crippen molar-refractivity contribution in [2.24, 2.45) is 34.5 Å². The molecule has 0 saturated heterocycles. The molecule has 5 atom stereocenters. The van der Waals surface area contributed by atoms with Crippen molar-refractivity contribution in [2.45, 2.75) is 47.0 Å². The van der Waals surface area contributed by atoms with Gasteiger partial charge in [0.2, 0.25) is 0 Å². The summed E-state index contributed by atoms with van der Waals surface area (Å²) >= 11 is 0. The Labute approximate surface area is 92.6 Å². The van der Waals surface area contributed by atoms with Crippen LogP contribution < -0.4 is 0 Å². The Balaban J connectivity index is 2.11. The molecule has 0 aromatic carbocycles. The topological polar surface area (TPSA) is 17.1 Å². The van der Waals surface area contributed by atoms with Gasteiger partial charge in [0, 0.05) is 11.8 Å². The van der Waals surface area contributed by atoms with Crippen LogP contribution in [0.1, 0.15) is 47.0 Å². The Hall–Kier alpha value is -0.330. The molecule has 0 aromatic heterocycles. The third-order valence-electron chi connectivity index (χ3n) is 6.28. The van der Waals surface area contributed by atoms with Gasteiger partial charge < -0.3 is 0 Å². The predicted molar refractivity (Wildman–Crippen MR) is 60.4 cm³/mol. The van der Waals surface area contributed by atoms with E-state index >= 15 is 0 Å². The van der Waals surface area contributed by atoms with E-state index < -0.39 is 0 Å². The second-order valence-electron chi connectivity index (χ2n) is 6.82. The summed E-state index contributed by atoms with van der Waals surface area (Å²) < 4.78 is 0. The molecule has 0 aromatic rings. The average Bonchev–Trinajstić information content (AvgIpc) is 2.67. The first-order valence-electron chi connectivity index (χ1n) is 6.47. The Bertz CT molecular complexity index is 332. The first kappa shape index (κ1) is 9.86. The lowest BCUT2D eigenvalue weighted by molar-refractivity contribution is -0.130. The van der Waals surface area contributed by atoms with Crippen molar-refractivity contribution in [3.05, 3.63) is 0 Å². The molecule has 0 unspecified atom stereocenters. The number of carbonyl (C=O) groups is 1. The average molecular weight is 206 g/mol. The van der Waals surface area contributed by atoms with E-state index in [1.54, 1.807) is 0 Å². The van der Waals surface area contributed by atoms with E-state index in [2.05, 4.69) is 27.7 Å². The molecule has 3 aliphatic rings. The van der Waals surface area contributed by atoms with Gasteiger partial charge in [-0.05, 0) is 41.9 Å². The highest BCUT2D eigenvalue weighted by atomic mass is 16.1. The van der Waals surface area contributed by atoms with Crippen LogP contribution in [0.4, 0.5) is 0 Å². The van der Waals surface area contributed by atoms with Gasteiger partial charge >= 0.3 is 0 Å². The zero-order chi connectivity index (χ0) is 11.0.